The summed E-state index contributed by atoms with van der Waals surface area (Å²) >= 11 is 0. The summed E-state index contributed by atoms with van der Waals surface area (Å²) in [7, 11) is 0. The predicted octanol–water partition coefficient (Wildman–Crippen LogP) is 6.72. The van der Waals surface area contributed by atoms with Gasteiger partial charge >= 0.3 is 5.97 Å². The number of allylic oxidation sites excluding steroid dienone is 2. The topological polar surface area (TPSA) is 89.8 Å². The molecule has 1 rings (SSSR count). The van der Waals surface area contributed by atoms with Crippen LogP contribution in [0.15, 0.2) is 30.4 Å². The number of carboxylic acid groups (broad SMARTS) is 1. The largest absolute Gasteiger partial charge is 0.504 e. The van der Waals surface area contributed by atoms with Crippen LogP contribution in [0.4, 0.5) is 0 Å². The normalized spacial score (nSPS) is 12.4. The number of phenols is 2. The number of unbranched alkanes of at least 4 members (excludes halogenated alkanes) is 12. The molecule has 0 heterocycles. The van der Waals surface area contributed by atoms with E-state index in [0.717, 1.165) is 12.8 Å². The molecule has 1 aromatic rings. The molecule has 0 bridgehead atoms. The third-order valence-corrected chi connectivity index (χ3v) is 5.86. The van der Waals surface area contributed by atoms with Gasteiger partial charge in [0.2, 0.25) is 0 Å². The number of aliphatic carboxylic acids is 1. The van der Waals surface area contributed by atoms with E-state index in [9.17, 15) is 20.1 Å². The van der Waals surface area contributed by atoms with E-state index in [-0.39, 0.29) is 17.9 Å². The molecule has 32 heavy (non-hydrogen) atoms. The molecule has 0 saturated heterocycles. The Bertz CT molecular complexity index is 645. The van der Waals surface area contributed by atoms with Crippen LogP contribution in [0.25, 0.3) is 0 Å². The lowest BCUT2D eigenvalue weighted by atomic mass is 10.0. The number of benzene rings is 1. The van der Waals surface area contributed by atoms with Crippen LogP contribution in [0, 0.1) is 0 Å². The number of phenolic OH excluding ortho intramolecular Hbond substituents is 2. The van der Waals surface area contributed by atoms with E-state index in [1.165, 1.54) is 89.2 Å². The first-order valence-electron chi connectivity index (χ1n) is 12.7. The Morgan fingerprint density at radius 2 is 1.41 bits per heavy atom. The summed E-state index contributed by atoms with van der Waals surface area (Å²) in [5, 5.41) is 31.4. The molecule has 0 unspecified atom stereocenters. The Morgan fingerprint density at radius 1 is 0.844 bits per heavy atom. The second-order valence-corrected chi connectivity index (χ2v) is 8.81. The lowest BCUT2D eigenvalue weighted by Gasteiger charge is -2.15. The van der Waals surface area contributed by atoms with Gasteiger partial charge in [0.05, 0.1) is 0 Å². The maximum Gasteiger partial charge on any atom is 0.321 e. The quantitative estimate of drug-likeness (QED) is 0.101. The molecule has 0 saturated carbocycles. The summed E-state index contributed by atoms with van der Waals surface area (Å²) < 4.78 is 0. The predicted molar refractivity (Wildman–Crippen MR) is 132 cm³/mol. The minimum atomic E-state index is -0.901. The fourth-order valence-corrected chi connectivity index (χ4v) is 3.83. The number of rotatable bonds is 20. The highest BCUT2D eigenvalue weighted by Gasteiger charge is 2.17. The average Bonchev–Trinajstić information content (AvgIpc) is 2.77. The van der Waals surface area contributed by atoms with Crippen LogP contribution in [0.1, 0.15) is 102 Å². The van der Waals surface area contributed by atoms with E-state index in [1.807, 2.05) is 0 Å². The molecule has 5 heteroatoms. The first-order valence-corrected chi connectivity index (χ1v) is 12.7. The second kappa shape index (κ2) is 18.6. The summed E-state index contributed by atoms with van der Waals surface area (Å²) in [5.74, 6) is -1.32. The zero-order valence-electron chi connectivity index (χ0n) is 20.0. The highest BCUT2D eigenvalue weighted by molar-refractivity contribution is 5.74. The molecule has 0 amide bonds. The Labute approximate surface area is 194 Å². The van der Waals surface area contributed by atoms with Crippen molar-refractivity contribution in [3.05, 3.63) is 35.9 Å². The Morgan fingerprint density at radius 3 is 1.97 bits per heavy atom. The lowest BCUT2D eigenvalue weighted by Crippen LogP contribution is -2.39. The van der Waals surface area contributed by atoms with Crippen molar-refractivity contribution in [2.24, 2.45) is 0 Å². The number of aromatic hydroxyl groups is 2. The van der Waals surface area contributed by atoms with Gasteiger partial charge in [-0.25, -0.2) is 0 Å². The van der Waals surface area contributed by atoms with Gasteiger partial charge < -0.3 is 20.6 Å². The van der Waals surface area contributed by atoms with Crippen LogP contribution in [-0.2, 0) is 11.2 Å². The molecule has 4 N–H and O–H groups in total. The van der Waals surface area contributed by atoms with E-state index in [1.54, 1.807) is 6.07 Å². The molecule has 1 atom stereocenters. The smallest absolute Gasteiger partial charge is 0.321 e. The molecule has 0 aromatic heterocycles. The van der Waals surface area contributed by atoms with Gasteiger partial charge in [-0.2, -0.15) is 0 Å². The van der Waals surface area contributed by atoms with Gasteiger partial charge in [0, 0.05) is 0 Å². The minimum absolute atomic E-state index is 0.197. The van der Waals surface area contributed by atoms with Gasteiger partial charge in [-0.15, -0.1) is 0 Å². The van der Waals surface area contributed by atoms with Crippen LogP contribution >= 0.6 is 0 Å². The Hall–Kier alpha value is -2.01. The first-order chi connectivity index (χ1) is 15.5. The van der Waals surface area contributed by atoms with Crippen LogP contribution in [0.5, 0.6) is 11.5 Å². The Balaban J connectivity index is 1.99. The SMILES string of the molecule is CCCCCCCC/C=C\CCCCCCCCN[C@@H](Cc1ccc(O)c(O)c1)C(=O)O. The molecule has 1 aromatic carbocycles. The molecule has 0 fully saturated rings. The van der Waals surface area contributed by atoms with Gasteiger partial charge in [-0.1, -0.05) is 82.9 Å². The van der Waals surface area contributed by atoms with Crippen molar-refractivity contribution in [3.63, 3.8) is 0 Å². The summed E-state index contributed by atoms with van der Waals surface area (Å²) in [6.07, 6.45) is 22.6. The van der Waals surface area contributed by atoms with Crippen molar-refractivity contribution >= 4 is 5.97 Å². The fraction of sp³-hybridized carbons (Fsp3) is 0.667. The van der Waals surface area contributed by atoms with Gasteiger partial charge in [0.15, 0.2) is 11.5 Å². The van der Waals surface area contributed by atoms with Crippen molar-refractivity contribution in [2.45, 2.75) is 109 Å². The number of carbonyl (C=O) groups is 1. The highest BCUT2D eigenvalue weighted by Crippen LogP contribution is 2.25. The van der Waals surface area contributed by atoms with Crippen molar-refractivity contribution in [1.82, 2.24) is 5.32 Å². The summed E-state index contributed by atoms with van der Waals surface area (Å²) in [4.78, 5) is 11.5. The van der Waals surface area contributed by atoms with Crippen LogP contribution < -0.4 is 5.32 Å². The number of carboxylic acids is 1. The molecule has 5 nitrogen and oxygen atoms in total. The van der Waals surface area contributed by atoms with Gasteiger partial charge in [0.1, 0.15) is 6.04 Å². The standard InChI is InChI=1S/C27H45NO4/c1-2-3-4-5-6-7-8-9-10-11-12-13-14-15-16-17-20-28-24(27(31)32)21-23-18-19-25(29)26(30)22-23/h9-10,18-19,22,24,28-30H,2-8,11-17,20-21H2,1H3,(H,31,32)/b10-9-/t24-/m0/s1. The zero-order valence-corrected chi connectivity index (χ0v) is 20.0. The van der Waals surface area contributed by atoms with Crippen molar-refractivity contribution in [1.29, 1.82) is 0 Å². The van der Waals surface area contributed by atoms with Gasteiger partial charge in [0.25, 0.3) is 0 Å². The van der Waals surface area contributed by atoms with E-state index < -0.39 is 12.0 Å². The number of hydrogen-bond acceptors (Lipinski definition) is 4. The second-order valence-electron chi connectivity index (χ2n) is 8.81. The maximum atomic E-state index is 11.5. The van der Waals surface area contributed by atoms with Gasteiger partial charge in [-0.3, -0.25) is 4.79 Å². The monoisotopic (exact) mass is 447 g/mol. The van der Waals surface area contributed by atoms with Crippen LogP contribution in [-0.4, -0.2) is 33.9 Å². The molecular weight excluding hydrogens is 402 g/mol. The van der Waals surface area contributed by atoms with Crippen molar-refractivity contribution < 1.29 is 20.1 Å². The molecule has 0 aliphatic heterocycles. The number of nitrogens with one attached hydrogen (secondary N) is 1. The summed E-state index contributed by atoms with van der Waals surface area (Å²) in [6, 6.07) is 3.74. The molecule has 182 valence electrons. The zero-order chi connectivity index (χ0) is 23.4. The fourth-order valence-electron chi connectivity index (χ4n) is 3.83. The Kier molecular flexibility index (Phi) is 16.2. The third-order valence-electron chi connectivity index (χ3n) is 5.86. The first kappa shape index (κ1) is 28.0. The minimum Gasteiger partial charge on any atom is -0.504 e. The van der Waals surface area contributed by atoms with E-state index in [2.05, 4.69) is 24.4 Å². The van der Waals surface area contributed by atoms with Crippen molar-refractivity contribution in [2.75, 3.05) is 6.54 Å². The summed E-state index contributed by atoms with van der Waals surface area (Å²) in [6.45, 7) is 2.93. The number of hydrogen-bond donors (Lipinski definition) is 4. The van der Waals surface area contributed by atoms with E-state index >= 15 is 0 Å². The molecular formula is C27H45NO4. The molecule has 0 radical (unpaired) electrons. The van der Waals surface area contributed by atoms with Crippen LogP contribution in [0.2, 0.25) is 0 Å². The molecule has 0 aliphatic carbocycles. The maximum absolute atomic E-state index is 11.5. The van der Waals surface area contributed by atoms with E-state index in [4.69, 9.17) is 0 Å². The average molecular weight is 448 g/mol. The van der Waals surface area contributed by atoms with Crippen molar-refractivity contribution in [3.8, 4) is 11.5 Å². The third kappa shape index (κ3) is 14.1. The van der Waals surface area contributed by atoms with E-state index in [0.29, 0.717) is 12.1 Å². The van der Waals surface area contributed by atoms with Crippen LogP contribution in [0.3, 0.4) is 0 Å². The lowest BCUT2D eigenvalue weighted by molar-refractivity contribution is -0.139. The molecule has 0 spiro atoms. The summed E-state index contributed by atoms with van der Waals surface area (Å²) in [5.41, 5.74) is 0.682. The molecule has 0 aliphatic rings. The highest BCUT2D eigenvalue weighted by atomic mass is 16.4. The van der Waals surface area contributed by atoms with Gasteiger partial charge in [-0.05, 0) is 62.8 Å².